The highest BCUT2D eigenvalue weighted by atomic mass is 35.5. The summed E-state index contributed by atoms with van der Waals surface area (Å²) in [5.41, 5.74) is 3.31. The predicted octanol–water partition coefficient (Wildman–Crippen LogP) is 5.65. The number of halogens is 2. The number of hydrogen-bond acceptors (Lipinski definition) is 3. The topological polar surface area (TPSA) is 50.2 Å². The number of benzene rings is 2. The molecular formula is C26H30Cl2N4O. The third-order valence-corrected chi connectivity index (χ3v) is 6.10. The van der Waals surface area contributed by atoms with E-state index in [2.05, 4.69) is 22.2 Å². The van der Waals surface area contributed by atoms with E-state index in [1.807, 2.05) is 65.4 Å². The summed E-state index contributed by atoms with van der Waals surface area (Å²) in [6.07, 6.45) is 12.6. The zero-order valence-corrected chi connectivity index (χ0v) is 20.4. The summed E-state index contributed by atoms with van der Waals surface area (Å²) in [4.78, 5) is 18.4. The molecule has 3 rings (SSSR count). The second kappa shape index (κ2) is 13.2. The van der Waals surface area contributed by atoms with Crippen LogP contribution in [0.2, 0.25) is 10.0 Å². The highest BCUT2D eigenvalue weighted by Crippen LogP contribution is 2.22. The summed E-state index contributed by atoms with van der Waals surface area (Å²) < 4.78 is 1.95. The van der Waals surface area contributed by atoms with Crippen LogP contribution >= 0.6 is 23.2 Å². The average Bonchev–Trinajstić information content (AvgIpc) is 3.35. The second-order valence-corrected chi connectivity index (χ2v) is 8.84. The van der Waals surface area contributed by atoms with Crippen LogP contribution < -0.4 is 5.32 Å². The van der Waals surface area contributed by atoms with Gasteiger partial charge in [0.05, 0.1) is 16.4 Å². The van der Waals surface area contributed by atoms with Crippen LogP contribution in [0.25, 0.3) is 11.8 Å². The van der Waals surface area contributed by atoms with E-state index in [0.717, 1.165) is 43.6 Å². The molecule has 0 radical (unpaired) electrons. The van der Waals surface area contributed by atoms with Crippen molar-refractivity contribution in [2.45, 2.75) is 25.7 Å². The van der Waals surface area contributed by atoms with Crippen LogP contribution in [0.1, 0.15) is 30.4 Å². The maximum atomic E-state index is 12.0. The molecule has 0 fully saturated rings. The van der Waals surface area contributed by atoms with Gasteiger partial charge in [-0.3, -0.25) is 4.79 Å². The standard InChI is InChI=1S/C26H30Cl2N4O/c1-31(17-13-22-9-12-24(27)25(28)19-22)16-3-2-14-30-26(33)6-4-5-21-7-10-23(11-8-21)32-18-15-29-20-32/h4-5,7-12,15,18-20H,2-3,6,13-14,16-17H2,1H3,(H,30,33). The van der Waals surface area contributed by atoms with E-state index in [9.17, 15) is 4.79 Å². The predicted molar refractivity (Wildman–Crippen MR) is 137 cm³/mol. The molecule has 3 aromatic rings. The fourth-order valence-corrected chi connectivity index (χ4v) is 3.73. The van der Waals surface area contributed by atoms with Gasteiger partial charge in [0, 0.05) is 37.6 Å². The van der Waals surface area contributed by atoms with Crippen molar-refractivity contribution in [1.82, 2.24) is 19.8 Å². The number of hydrogen-bond donors (Lipinski definition) is 1. The molecule has 0 aliphatic carbocycles. The summed E-state index contributed by atoms with van der Waals surface area (Å²) in [5, 5.41) is 4.19. The molecule has 1 heterocycles. The van der Waals surface area contributed by atoms with Crippen LogP contribution in [0.3, 0.4) is 0 Å². The van der Waals surface area contributed by atoms with Gasteiger partial charge in [0.25, 0.3) is 0 Å². The molecule has 2 aromatic carbocycles. The van der Waals surface area contributed by atoms with E-state index >= 15 is 0 Å². The molecule has 0 saturated heterocycles. The molecule has 0 atom stereocenters. The lowest BCUT2D eigenvalue weighted by Crippen LogP contribution is -2.26. The van der Waals surface area contributed by atoms with E-state index < -0.39 is 0 Å². The Morgan fingerprint density at radius 1 is 1.09 bits per heavy atom. The summed E-state index contributed by atoms with van der Waals surface area (Å²) in [6, 6.07) is 13.9. The Labute approximate surface area is 206 Å². The number of likely N-dealkylation sites (N-methyl/N-ethyl adjacent to an activating group) is 1. The highest BCUT2D eigenvalue weighted by molar-refractivity contribution is 6.42. The first-order chi connectivity index (χ1) is 16.0. The van der Waals surface area contributed by atoms with Gasteiger partial charge in [0.2, 0.25) is 5.91 Å². The molecule has 5 nitrogen and oxygen atoms in total. The normalized spacial score (nSPS) is 11.4. The fraction of sp³-hybridized carbons (Fsp3) is 0.308. The molecule has 7 heteroatoms. The Hall–Kier alpha value is -2.60. The van der Waals surface area contributed by atoms with Crippen molar-refractivity contribution in [3.8, 4) is 5.69 Å². The molecule has 1 aromatic heterocycles. The Morgan fingerprint density at radius 2 is 1.91 bits per heavy atom. The lowest BCUT2D eigenvalue weighted by molar-refractivity contribution is -0.120. The monoisotopic (exact) mass is 484 g/mol. The largest absolute Gasteiger partial charge is 0.356 e. The number of nitrogens with one attached hydrogen (secondary N) is 1. The molecule has 0 spiro atoms. The number of carbonyl (C=O) groups is 1. The number of aromatic nitrogens is 2. The van der Waals surface area contributed by atoms with Crippen molar-refractivity contribution in [1.29, 1.82) is 0 Å². The fourth-order valence-electron chi connectivity index (χ4n) is 3.41. The molecule has 0 unspecified atom stereocenters. The number of carbonyl (C=O) groups excluding carboxylic acids is 1. The molecule has 0 aliphatic rings. The number of nitrogens with zero attached hydrogens (tertiary/aromatic N) is 3. The van der Waals surface area contributed by atoms with Crippen molar-refractivity contribution in [2.24, 2.45) is 0 Å². The van der Waals surface area contributed by atoms with Gasteiger partial charge in [-0.25, -0.2) is 4.98 Å². The minimum absolute atomic E-state index is 0.0502. The quantitative estimate of drug-likeness (QED) is 0.337. The van der Waals surface area contributed by atoms with Crippen molar-refractivity contribution >= 4 is 35.2 Å². The lowest BCUT2D eigenvalue weighted by Gasteiger charge is -2.16. The third-order valence-electron chi connectivity index (χ3n) is 5.36. The van der Waals surface area contributed by atoms with Gasteiger partial charge in [-0.05, 0) is 68.2 Å². The zero-order chi connectivity index (χ0) is 23.5. The van der Waals surface area contributed by atoms with Crippen LogP contribution in [0.5, 0.6) is 0 Å². The molecule has 1 N–H and O–H groups in total. The number of rotatable bonds is 12. The van der Waals surface area contributed by atoms with Gasteiger partial charge in [0.1, 0.15) is 0 Å². The molecule has 0 aliphatic heterocycles. The Bertz CT molecular complexity index is 1030. The number of imidazole rings is 1. The third kappa shape index (κ3) is 8.69. The van der Waals surface area contributed by atoms with Crippen LogP contribution in [0, 0.1) is 0 Å². The molecule has 0 bridgehead atoms. The van der Waals surface area contributed by atoms with Crippen LogP contribution in [-0.4, -0.2) is 47.0 Å². The SMILES string of the molecule is CN(CCCCNC(=O)CC=Cc1ccc(-n2ccnc2)cc1)CCc1ccc(Cl)c(Cl)c1. The first-order valence-electron chi connectivity index (χ1n) is 11.2. The molecule has 174 valence electrons. The Kier molecular flexibility index (Phi) is 10.0. The van der Waals surface area contributed by atoms with Crippen LogP contribution in [0.15, 0.2) is 67.3 Å². The van der Waals surface area contributed by atoms with E-state index in [-0.39, 0.29) is 5.91 Å². The number of amides is 1. The van der Waals surface area contributed by atoms with E-state index in [1.165, 1.54) is 5.56 Å². The summed E-state index contributed by atoms with van der Waals surface area (Å²) >= 11 is 12.0. The Balaban J connectivity index is 1.25. The second-order valence-electron chi connectivity index (χ2n) is 8.03. The highest BCUT2D eigenvalue weighted by Gasteiger charge is 2.03. The average molecular weight is 485 g/mol. The molecule has 1 amide bonds. The van der Waals surface area contributed by atoms with Gasteiger partial charge >= 0.3 is 0 Å². The Morgan fingerprint density at radius 3 is 2.64 bits per heavy atom. The van der Waals surface area contributed by atoms with Crippen molar-refractivity contribution < 1.29 is 4.79 Å². The molecule has 0 saturated carbocycles. The molecular weight excluding hydrogens is 455 g/mol. The van der Waals surface area contributed by atoms with Gasteiger partial charge in [-0.15, -0.1) is 0 Å². The van der Waals surface area contributed by atoms with Gasteiger partial charge in [-0.2, -0.15) is 0 Å². The van der Waals surface area contributed by atoms with Crippen LogP contribution in [0.4, 0.5) is 0 Å². The van der Waals surface area contributed by atoms with E-state index in [1.54, 1.807) is 12.5 Å². The molecule has 33 heavy (non-hydrogen) atoms. The van der Waals surface area contributed by atoms with E-state index in [0.29, 0.717) is 23.0 Å². The van der Waals surface area contributed by atoms with Crippen LogP contribution in [-0.2, 0) is 11.2 Å². The summed E-state index contributed by atoms with van der Waals surface area (Å²) in [5.74, 6) is 0.0502. The maximum Gasteiger partial charge on any atom is 0.223 e. The van der Waals surface area contributed by atoms with Gasteiger partial charge in [0.15, 0.2) is 0 Å². The summed E-state index contributed by atoms with van der Waals surface area (Å²) in [7, 11) is 2.11. The smallest absolute Gasteiger partial charge is 0.223 e. The number of unbranched alkanes of at least 4 members (excludes halogenated alkanes) is 1. The minimum atomic E-state index is 0.0502. The van der Waals surface area contributed by atoms with E-state index in [4.69, 9.17) is 23.2 Å². The van der Waals surface area contributed by atoms with Gasteiger partial charge in [-0.1, -0.05) is 53.6 Å². The van der Waals surface area contributed by atoms with Gasteiger partial charge < -0.3 is 14.8 Å². The summed E-state index contributed by atoms with van der Waals surface area (Å²) in [6.45, 7) is 2.65. The lowest BCUT2D eigenvalue weighted by atomic mass is 10.1. The minimum Gasteiger partial charge on any atom is -0.356 e. The van der Waals surface area contributed by atoms with Crippen molar-refractivity contribution in [3.05, 3.63) is 88.4 Å². The first kappa shape index (κ1) is 25.0. The zero-order valence-electron chi connectivity index (χ0n) is 18.9. The van der Waals surface area contributed by atoms with Crippen molar-refractivity contribution in [2.75, 3.05) is 26.7 Å². The maximum absolute atomic E-state index is 12.0. The first-order valence-corrected chi connectivity index (χ1v) is 11.9. The van der Waals surface area contributed by atoms with Crippen molar-refractivity contribution in [3.63, 3.8) is 0 Å².